The summed E-state index contributed by atoms with van der Waals surface area (Å²) in [5.41, 5.74) is 0.0344. The zero-order chi connectivity index (χ0) is 17.4. The maximum atomic E-state index is 12.9. The van der Waals surface area contributed by atoms with E-state index in [1.165, 1.54) is 18.2 Å². The molecule has 2 aromatic rings. The van der Waals surface area contributed by atoms with Gasteiger partial charge in [0.2, 0.25) is 0 Å². The van der Waals surface area contributed by atoms with E-state index in [0.29, 0.717) is 5.56 Å². The molecule has 122 valence electrons. The highest BCUT2D eigenvalue weighted by atomic mass is 19.1. The summed E-state index contributed by atoms with van der Waals surface area (Å²) >= 11 is 0. The van der Waals surface area contributed by atoms with Gasteiger partial charge >= 0.3 is 0 Å². The van der Waals surface area contributed by atoms with Gasteiger partial charge in [0.25, 0.3) is 17.5 Å². The molecule has 0 aromatic heterocycles. The van der Waals surface area contributed by atoms with Crippen molar-refractivity contribution >= 4 is 17.5 Å². The molecule has 7 nitrogen and oxygen atoms in total. The molecule has 0 saturated heterocycles. The number of carbonyl (C=O) groups is 2. The minimum atomic E-state index is -1.19. The Kier molecular flexibility index (Phi) is 3.82. The second-order valence-electron chi connectivity index (χ2n) is 5.28. The van der Waals surface area contributed by atoms with Crippen LogP contribution < -0.4 is 0 Å². The maximum Gasteiger partial charge on any atom is 0.270 e. The maximum absolute atomic E-state index is 12.9. The van der Waals surface area contributed by atoms with Crippen molar-refractivity contribution in [1.29, 1.82) is 0 Å². The van der Waals surface area contributed by atoms with Crippen LogP contribution in [0.5, 0.6) is 0 Å². The van der Waals surface area contributed by atoms with Crippen molar-refractivity contribution in [3.8, 4) is 0 Å². The van der Waals surface area contributed by atoms with Crippen LogP contribution in [0.25, 0.3) is 0 Å². The van der Waals surface area contributed by atoms with Crippen LogP contribution in [0.4, 0.5) is 10.1 Å². The molecule has 0 bridgehead atoms. The van der Waals surface area contributed by atoms with E-state index in [1.807, 2.05) is 0 Å². The van der Waals surface area contributed by atoms with Crippen molar-refractivity contribution in [1.82, 2.24) is 4.90 Å². The predicted molar refractivity (Wildman–Crippen MR) is 79.8 cm³/mol. The van der Waals surface area contributed by atoms with E-state index in [2.05, 4.69) is 0 Å². The fraction of sp³-hybridized carbons (Fsp3) is 0.125. The van der Waals surface area contributed by atoms with Crippen LogP contribution in [0.1, 0.15) is 32.4 Å². The van der Waals surface area contributed by atoms with Crippen LogP contribution in [-0.2, 0) is 0 Å². The number of nitrogens with zero attached hydrogens (tertiary/aromatic N) is 2. The predicted octanol–water partition coefficient (Wildman–Crippen LogP) is 2.06. The lowest BCUT2D eigenvalue weighted by atomic mass is 10.1. The van der Waals surface area contributed by atoms with E-state index in [1.54, 1.807) is 0 Å². The van der Waals surface area contributed by atoms with Gasteiger partial charge < -0.3 is 5.11 Å². The Bertz CT molecular complexity index is 850. The highest BCUT2D eigenvalue weighted by Gasteiger charge is 2.37. The number of rotatable bonds is 4. The molecule has 0 radical (unpaired) electrons. The van der Waals surface area contributed by atoms with Gasteiger partial charge in [-0.3, -0.25) is 24.6 Å². The first-order chi connectivity index (χ1) is 11.4. The summed E-state index contributed by atoms with van der Waals surface area (Å²) in [7, 11) is 0. The molecule has 2 amide bonds. The van der Waals surface area contributed by atoms with Crippen LogP contribution in [-0.4, -0.2) is 33.3 Å². The summed E-state index contributed by atoms with van der Waals surface area (Å²) in [5.74, 6) is -1.81. The zero-order valence-electron chi connectivity index (χ0n) is 12.2. The summed E-state index contributed by atoms with van der Waals surface area (Å²) in [6, 6.07) is 8.42. The van der Waals surface area contributed by atoms with Gasteiger partial charge in [0.05, 0.1) is 28.7 Å². The third-order valence-electron chi connectivity index (χ3n) is 3.78. The minimum Gasteiger partial charge on any atom is -0.387 e. The van der Waals surface area contributed by atoms with Crippen molar-refractivity contribution in [2.75, 3.05) is 6.54 Å². The van der Waals surface area contributed by atoms with Crippen molar-refractivity contribution in [3.05, 3.63) is 75.1 Å². The minimum absolute atomic E-state index is 0.0527. The molecular weight excluding hydrogens is 319 g/mol. The molecule has 1 N–H and O–H groups in total. The Morgan fingerprint density at radius 2 is 1.71 bits per heavy atom. The van der Waals surface area contributed by atoms with Gasteiger partial charge in [0.15, 0.2) is 0 Å². The van der Waals surface area contributed by atoms with Gasteiger partial charge in [-0.05, 0) is 23.8 Å². The topological polar surface area (TPSA) is 101 Å². The van der Waals surface area contributed by atoms with E-state index in [4.69, 9.17) is 0 Å². The highest BCUT2D eigenvalue weighted by molar-refractivity contribution is 6.21. The van der Waals surface area contributed by atoms with Gasteiger partial charge in [0.1, 0.15) is 5.82 Å². The van der Waals surface area contributed by atoms with E-state index in [9.17, 15) is 29.2 Å². The number of imide groups is 1. The SMILES string of the molecule is O=C1c2ccc([N+](=O)[O-])cc2C(=O)N1CC(O)c1ccc(F)cc1. The van der Waals surface area contributed by atoms with E-state index in [-0.39, 0.29) is 23.4 Å². The number of amides is 2. The second kappa shape index (κ2) is 5.82. The monoisotopic (exact) mass is 330 g/mol. The lowest BCUT2D eigenvalue weighted by Gasteiger charge is -2.18. The highest BCUT2D eigenvalue weighted by Crippen LogP contribution is 2.28. The molecule has 8 heteroatoms. The van der Waals surface area contributed by atoms with Gasteiger partial charge in [-0.15, -0.1) is 0 Å². The number of fused-ring (bicyclic) bond motifs is 1. The molecule has 0 fully saturated rings. The number of non-ortho nitro benzene ring substituents is 1. The molecule has 0 saturated carbocycles. The molecule has 1 heterocycles. The van der Waals surface area contributed by atoms with Crippen molar-refractivity contribution < 1.29 is 24.0 Å². The number of aliphatic hydroxyl groups excluding tert-OH is 1. The Hall–Kier alpha value is -3.13. The number of β-amino-alcohol motifs (C(OH)–C–C–N with tert-alkyl or cyclic N) is 1. The number of nitro benzene ring substituents is 1. The summed E-state index contributed by atoms with van der Waals surface area (Å²) in [6.45, 7) is -0.328. The van der Waals surface area contributed by atoms with Crippen LogP contribution in [0.15, 0.2) is 42.5 Å². The standard InChI is InChI=1S/C16H11FN2O5/c17-10-3-1-9(2-4-10)14(20)8-18-15(21)12-6-5-11(19(23)24)7-13(12)16(18)22/h1-7,14,20H,8H2. The Balaban J connectivity index is 1.85. The van der Waals surface area contributed by atoms with Gasteiger partial charge in [-0.25, -0.2) is 4.39 Å². The number of benzene rings is 2. The fourth-order valence-corrected chi connectivity index (χ4v) is 2.52. The third-order valence-corrected chi connectivity index (χ3v) is 3.78. The Morgan fingerprint density at radius 3 is 2.33 bits per heavy atom. The summed E-state index contributed by atoms with van der Waals surface area (Å²) in [6.07, 6.45) is -1.19. The Labute approximate surface area is 135 Å². The lowest BCUT2D eigenvalue weighted by molar-refractivity contribution is -0.384. The molecule has 24 heavy (non-hydrogen) atoms. The van der Waals surface area contributed by atoms with Crippen molar-refractivity contribution in [2.45, 2.75) is 6.10 Å². The average molecular weight is 330 g/mol. The number of nitro groups is 1. The number of aliphatic hydroxyl groups is 1. The van der Waals surface area contributed by atoms with Gasteiger partial charge in [-0.2, -0.15) is 0 Å². The van der Waals surface area contributed by atoms with E-state index >= 15 is 0 Å². The van der Waals surface area contributed by atoms with Crippen LogP contribution in [0.2, 0.25) is 0 Å². The third kappa shape index (κ3) is 2.63. The normalized spacial score (nSPS) is 14.7. The van der Waals surface area contributed by atoms with Crippen LogP contribution in [0, 0.1) is 15.9 Å². The summed E-state index contributed by atoms with van der Waals surface area (Å²) in [5, 5.41) is 20.9. The van der Waals surface area contributed by atoms with E-state index in [0.717, 1.165) is 29.2 Å². The smallest absolute Gasteiger partial charge is 0.270 e. The average Bonchev–Trinajstić information content (AvgIpc) is 2.80. The molecule has 0 spiro atoms. The first-order valence-corrected chi connectivity index (χ1v) is 6.96. The number of hydrogen-bond acceptors (Lipinski definition) is 5. The van der Waals surface area contributed by atoms with Gasteiger partial charge in [-0.1, -0.05) is 12.1 Å². The Morgan fingerprint density at radius 1 is 1.08 bits per heavy atom. The lowest BCUT2D eigenvalue weighted by Crippen LogP contribution is -2.33. The first-order valence-electron chi connectivity index (χ1n) is 6.96. The quantitative estimate of drug-likeness (QED) is 0.525. The molecule has 1 unspecified atom stereocenters. The molecule has 1 atom stereocenters. The molecule has 3 rings (SSSR count). The molecule has 0 aliphatic carbocycles. The second-order valence-corrected chi connectivity index (χ2v) is 5.28. The summed E-state index contributed by atoms with van der Waals surface area (Å²) < 4.78 is 12.9. The van der Waals surface area contributed by atoms with Crippen molar-refractivity contribution in [2.24, 2.45) is 0 Å². The largest absolute Gasteiger partial charge is 0.387 e. The number of hydrogen-bond donors (Lipinski definition) is 1. The molecule has 2 aromatic carbocycles. The summed E-state index contributed by atoms with van der Waals surface area (Å²) in [4.78, 5) is 35.5. The van der Waals surface area contributed by atoms with Crippen LogP contribution in [0.3, 0.4) is 0 Å². The first kappa shape index (κ1) is 15.8. The molecule has 1 aliphatic rings. The van der Waals surface area contributed by atoms with Gasteiger partial charge in [0, 0.05) is 12.1 Å². The zero-order valence-corrected chi connectivity index (χ0v) is 12.2. The molecule has 1 aliphatic heterocycles. The van der Waals surface area contributed by atoms with Crippen LogP contribution >= 0.6 is 0 Å². The molecular formula is C16H11FN2O5. The van der Waals surface area contributed by atoms with E-state index < -0.39 is 28.7 Å². The number of halogens is 1. The number of carbonyl (C=O) groups excluding carboxylic acids is 2. The van der Waals surface area contributed by atoms with Crippen molar-refractivity contribution in [3.63, 3.8) is 0 Å². The fourth-order valence-electron chi connectivity index (χ4n) is 2.52.